The molecule has 0 saturated heterocycles. The van der Waals surface area contributed by atoms with E-state index in [1.165, 1.54) is 0 Å². The molecule has 7 heteroatoms. The molecule has 1 aromatic carbocycles. The van der Waals surface area contributed by atoms with Gasteiger partial charge < -0.3 is 21.1 Å². The quantitative estimate of drug-likeness (QED) is 0.401. The molecule has 4 N–H and O–H groups in total. The maximum atomic E-state index is 12.5. The predicted molar refractivity (Wildman–Crippen MR) is 114 cm³/mol. The molecule has 29 heavy (non-hydrogen) atoms. The van der Waals surface area contributed by atoms with Gasteiger partial charge in [0.15, 0.2) is 0 Å². The summed E-state index contributed by atoms with van der Waals surface area (Å²) in [7, 11) is 0. The van der Waals surface area contributed by atoms with Gasteiger partial charge in [0, 0.05) is 12.1 Å². The fourth-order valence-corrected chi connectivity index (χ4v) is 2.93. The molecule has 0 aliphatic heterocycles. The summed E-state index contributed by atoms with van der Waals surface area (Å²) in [5.74, 6) is -0.957. The molecule has 0 bridgehead atoms. The van der Waals surface area contributed by atoms with E-state index in [1.807, 2.05) is 20.8 Å². The number of anilines is 1. The lowest BCUT2D eigenvalue weighted by Crippen LogP contribution is -2.51. The van der Waals surface area contributed by atoms with Crippen LogP contribution in [0.3, 0.4) is 0 Å². The molecule has 162 valence electrons. The van der Waals surface area contributed by atoms with Crippen LogP contribution < -0.4 is 16.0 Å². The number of carbonyl (C=O) groups excluding carboxylic acids is 3. The lowest BCUT2D eigenvalue weighted by atomic mass is 10.0. The van der Waals surface area contributed by atoms with E-state index in [9.17, 15) is 14.4 Å². The number of unbranched alkanes of at least 4 members (excludes halogenated alkanes) is 3. The molecule has 0 saturated carbocycles. The fraction of sp³-hybridized carbons (Fsp3) is 0.591. The first kappa shape index (κ1) is 24.6. The van der Waals surface area contributed by atoms with Crippen molar-refractivity contribution in [2.75, 3.05) is 11.9 Å². The van der Waals surface area contributed by atoms with E-state index in [2.05, 4.69) is 22.9 Å². The number of rotatable bonds is 12. The van der Waals surface area contributed by atoms with Crippen molar-refractivity contribution in [2.45, 2.75) is 72.4 Å². The molecular formula is C22H35N3O4. The maximum Gasteiger partial charge on any atom is 0.243 e. The predicted octanol–water partition coefficient (Wildman–Crippen LogP) is 2.65. The van der Waals surface area contributed by atoms with Crippen molar-refractivity contribution in [1.82, 2.24) is 10.6 Å². The van der Waals surface area contributed by atoms with Gasteiger partial charge in [-0.2, -0.15) is 0 Å². The summed E-state index contributed by atoms with van der Waals surface area (Å²) in [6.07, 6.45) is 4.41. The SMILES string of the molecule is CCCCCCC(=O)NC(C(=O)NCC(=O)Nc1ccc(CO)cc1C)C(C)C. The molecule has 0 spiro atoms. The lowest BCUT2D eigenvalue weighted by Gasteiger charge is -2.21. The second kappa shape index (κ2) is 12.9. The number of amides is 3. The van der Waals surface area contributed by atoms with Gasteiger partial charge in [-0.05, 0) is 36.5 Å². The fourth-order valence-electron chi connectivity index (χ4n) is 2.93. The van der Waals surface area contributed by atoms with Gasteiger partial charge >= 0.3 is 0 Å². The number of hydrogen-bond acceptors (Lipinski definition) is 4. The highest BCUT2D eigenvalue weighted by molar-refractivity contribution is 5.96. The molecule has 0 radical (unpaired) electrons. The molecule has 0 aliphatic carbocycles. The Hall–Kier alpha value is -2.41. The summed E-state index contributed by atoms with van der Waals surface area (Å²) >= 11 is 0. The minimum Gasteiger partial charge on any atom is -0.392 e. The summed E-state index contributed by atoms with van der Waals surface area (Å²) < 4.78 is 0. The van der Waals surface area contributed by atoms with Crippen LogP contribution in [0.25, 0.3) is 0 Å². The van der Waals surface area contributed by atoms with Crippen molar-refractivity contribution in [2.24, 2.45) is 5.92 Å². The van der Waals surface area contributed by atoms with Crippen LogP contribution in [0.4, 0.5) is 5.69 Å². The minimum absolute atomic E-state index is 0.0635. The number of nitrogens with one attached hydrogen (secondary N) is 3. The summed E-state index contributed by atoms with van der Waals surface area (Å²) in [6.45, 7) is 7.40. The van der Waals surface area contributed by atoms with Crippen molar-refractivity contribution in [1.29, 1.82) is 0 Å². The van der Waals surface area contributed by atoms with E-state index in [0.29, 0.717) is 12.1 Å². The number of aliphatic hydroxyl groups is 1. The molecular weight excluding hydrogens is 370 g/mol. The van der Waals surface area contributed by atoms with Crippen molar-refractivity contribution >= 4 is 23.4 Å². The third kappa shape index (κ3) is 9.09. The second-order valence-corrected chi connectivity index (χ2v) is 7.67. The second-order valence-electron chi connectivity index (χ2n) is 7.67. The Morgan fingerprint density at radius 1 is 1.07 bits per heavy atom. The molecule has 0 aliphatic rings. The Labute approximate surface area is 173 Å². The molecule has 0 aromatic heterocycles. The van der Waals surface area contributed by atoms with E-state index in [-0.39, 0.29) is 36.8 Å². The average molecular weight is 406 g/mol. The number of hydrogen-bond donors (Lipinski definition) is 4. The zero-order chi connectivity index (χ0) is 21.8. The van der Waals surface area contributed by atoms with Gasteiger partial charge in [-0.15, -0.1) is 0 Å². The lowest BCUT2D eigenvalue weighted by molar-refractivity contribution is -0.130. The molecule has 1 atom stereocenters. The Bertz CT molecular complexity index is 689. The first-order chi connectivity index (χ1) is 13.8. The van der Waals surface area contributed by atoms with Crippen molar-refractivity contribution in [3.8, 4) is 0 Å². The summed E-state index contributed by atoms with van der Waals surface area (Å²) in [6, 6.07) is 4.56. The third-order valence-corrected chi connectivity index (χ3v) is 4.69. The first-order valence-electron chi connectivity index (χ1n) is 10.4. The minimum atomic E-state index is -0.674. The Balaban J connectivity index is 2.51. The van der Waals surface area contributed by atoms with Gasteiger partial charge in [0.25, 0.3) is 0 Å². The maximum absolute atomic E-state index is 12.5. The highest BCUT2D eigenvalue weighted by Gasteiger charge is 2.24. The largest absolute Gasteiger partial charge is 0.392 e. The van der Waals surface area contributed by atoms with Crippen LogP contribution >= 0.6 is 0 Å². The van der Waals surface area contributed by atoms with E-state index < -0.39 is 6.04 Å². The number of benzene rings is 1. The van der Waals surface area contributed by atoms with Gasteiger partial charge in [0.05, 0.1) is 13.2 Å². The smallest absolute Gasteiger partial charge is 0.243 e. The summed E-state index contributed by atoms with van der Waals surface area (Å²) in [5, 5.41) is 17.3. The molecule has 1 aromatic rings. The van der Waals surface area contributed by atoms with Crippen molar-refractivity contribution in [3.63, 3.8) is 0 Å². The highest BCUT2D eigenvalue weighted by Crippen LogP contribution is 2.16. The number of aryl methyl sites for hydroxylation is 1. The Morgan fingerprint density at radius 3 is 2.38 bits per heavy atom. The zero-order valence-corrected chi connectivity index (χ0v) is 18.0. The van der Waals surface area contributed by atoms with Gasteiger partial charge in [0.1, 0.15) is 6.04 Å². The van der Waals surface area contributed by atoms with Gasteiger partial charge in [0.2, 0.25) is 17.7 Å². The van der Waals surface area contributed by atoms with Crippen LogP contribution in [-0.4, -0.2) is 35.4 Å². The van der Waals surface area contributed by atoms with Gasteiger partial charge in [-0.25, -0.2) is 0 Å². The molecule has 0 heterocycles. The summed E-state index contributed by atoms with van der Waals surface area (Å²) in [4.78, 5) is 36.8. The molecule has 0 fully saturated rings. The van der Waals surface area contributed by atoms with Crippen LogP contribution in [0.15, 0.2) is 18.2 Å². The Morgan fingerprint density at radius 2 is 1.79 bits per heavy atom. The third-order valence-electron chi connectivity index (χ3n) is 4.69. The average Bonchev–Trinajstić information content (AvgIpc) is 2.68. The van der Waals surface area contributed by atoms with E-state index in [1.54, 1.807) is 18.2 Å². The zero-order valence-electron chi connectivity index (χ0n) is 18.0. The summed E-state index contributed by atoms with van der Waals surface area (Å²) in [5.41, 5.74) is 2.22. The first-order valence-corrected chi connectivity index (χ1v) is 10.4. The van der Waals surface area contributed by atoms with E-state index in [4.69, 9.17) is 5.11 Å². The van der Waals surface area contributed by atoms with Crippen molar-refractivity contribution in [3.05, 3.63) is 29.3 Å². The molecule has 1 unspecified atom stereocenters. The number of carbonyl (C=O) groups is 3. The van der Waals surface area contributed by atoms with Gasteiger partial charge in [-0.3, -0.25) is 14.4 Å². The monoisotopic (exact) mass is 405 g/mol. The van der Waals surface area contributed by atoms with Crippen LogP contribution in [0.2, 0.25) is 0 Å². The van der Waals surface area contributed by atoms with Gasteiger partial charge in [-0.1, -0.05) is 52.2 Å². The van der Waals surface area contributed by atoms with Crippen LogP contribution in [0.5, 0.6) is 0 Å². The number of aliphatic hydroxyl groups excluding tert-OH is 1. The Kier molecular flexibility index (Phi) is 11.0. The van der Waals surface area contributed by atoms with Crippen LogP contribution in [0.1, 0.15) is 64.0 Å². The normalized spacial score (nSPS) is 11.8. The topological polar surface area (TPSA) is 108 Å². The molecule has 1 rings (SSSR count). The van der Waals surface area contributed by atoms with Crippen molar-refractivity contribution < 1.29 is 19.5 Å². The van der Waals surface area contributed by atoms with Crippen LogP contribution in [0, 0.1) is 12.8 Å². The highest BCUT2D eigenvalue weighted by atomic mass is 16.3. The van der Waals surface area contributed by atoms with E-state index >= 15 is 0 Å². The molecule has 7 nitrogen and oxygen atoms in total. The van der Waals surface area contributed by atoms with Crippen LogP contribution in [-0.2, 0) is 21.0 Å². The standard InChI is InChI=1S/C22H35N3O4/c1-5-6-7-8-9-19(27)25-21(15(2)3)22(29)23-13-20(28)24-18-11-10-17(14-26)12-16(18)4/h10-12,15,21,26H,5-9,13-14H2,1-4H3,(H,23,29)(H,24,28)(H,25,27). The van der Waals surface area contributed by atoms with E-state index in [0.717, 1.165) is 36.8 Å². The molecule has 3 amide bonds.